The molecule has 2 heterocycles. The molecule has 2 aliphatic heterocycles. The molecule has 6 rings (SSSR count). The zero-order valence-electron chi connectivity index (χ0n) is 15.8. The summed E-state index contributed by atoms with van der Waals surface area (Å²) in [7, 11) is 2.47. The highest BCUT2D eigenvalue weighted by Gasteiger charge is 2.74. The van der Waals surface area contributed by atoms with Gasteiger partial charge in [0.25, 0.3) is 0 Å². The fourth-order valence-electron chi connectivity index (χ4n) is 7.45. The number of ether oxygens (including phenoxy) is 1. The maximum Gasteiger partial charge on any atom is 0.174 e. The Bertz CT molecular complexity index is 846. The minimum atomic E-state index is -0.388. The molecule has 5 atom stereocenters. The zero-order chi connectivity index (χ0) is 17.9. The number of quaternary nitrogens is 1. The van der Waals surface area contributed by atoms with Gasteiger partial charge >= 0.3 is 0 Å². The Morgan fingerprint density at radius 3 is 2.88 bits per heavy atom. The Hall–Kier alpha value is -1.55. The molecule has 0 radical (unpaired) electrons. The first kappa shape index (κ1) is 15.5. The second-order valence-corrected chi connectivity index (χ2v) is 10.1. The van der Waals surface area contributed by atoms with Gasteiger partial charge < -0.3 is 14.3 Å². The molecule has 1 aromatic rings. The molecule has 1 aromatic carbocycles. The quantitative estimate of drug-likeness (QED) is 0.831. The number of carbonyl (C=O) groups is 1. The number of hydrogen-bond acceptors (Lipinski definition) is 3. The number of aromatic hydroxyl groups is 1. The molecule has 3 fully saturated rings. The van der Waals surface area contributed by atoms with Gasteiger partial charge in [-0.05, 0) is 30.9 Å². The molecule has 4 nitrogen and oxygen atoms in total. The van der Waals surface area contributed by atoms with Crippen molar-refractivity contribution in [2.75, 3.05) is 20.1 Å². The number of piperidine rings is 1. The van der Waals surface area contributed by atoms with Gasteiger partial charge in [0.15, 0.2) is 23.4 Å². The van der Waals surface area contributed by atoms with E-state index in [0.29, 0.717) is 18.2 Å². The number of rotatable bonds is 2. The van der Waals surface area contributed by atoms with Gasteiger partial charge in [0.2, 0.25) is 0 Å². The predicted octanol–water partition coefficient (Wildman–Crippen LogP) is 2.95. The monoisotopic (exact) mass is 354 g/mol. The minimum absolute atomic E-state index is 0.0690. The highest BCUT2D eigenvalue weighted by Crippen LogP contribution is 2.69. The van der Waals surface area contributed by atoms with Gasteiger partial charge in [0.05, 0.1) is 31.6 Å². The molecule has 3 aliphatic carbocycles. The minimum Gasteiger partial charge on any atom is -0.504 e. The Morgan fingerprint density at radius 2 is 2.12 bits per heavy atom. The number of likely N-dealkylation sites (tertiary alicyclic amines) is 1. The number of benzene rings is 1. The number of phenols is 1. The molecule has 2 saturated carbocycles. The summed E-state index contributed by atoms with van der Waals surface area (Å²) in [5, 5.41) is 10.5. The number of hydrogen-bond donors (Lipinski definition) is 1. The molecule has 0 amide bonds. The normalized spacial score (nSPS) is 45.2. The lowest BCUT2D eigenvalue weighted by Crippen LogP contribution is -2.76. The van der Waals surface area contributed by atoms with E-state index in [4.69, 9.17) is 4.74 Å². The van der Waals surface area contributed by atoms with Crippen LogP contribution in [0.5, 0.6) is 11.5 Å². The van der Waals surface area contributed by atoms with E-state index in [1.54, 1.807) is 6.07 Å². The van der Waals surface area contributed by atoms with Gasteiger partial charge in [-0.3, -0.25) is 4.79 Å². The summed E-state index contributed by atoms with van der Waals surface area (Å²) >= 11 is 0. The Morgan fingerprint density at radius 1 is 1.31 bits per heavy atom. The van der Waals surface area contributed by atoms with Crippen LogP contribution in [0, 0.1) is 11.3 Å². The molecule has 4 heteroatoms. The fraction of sp³-hybridized carbons (Fsp3) is 0.682. The summed E-state index contributed by atoms with van der Waals surface area (Å²) in [4.78, 5) is 12.9. The molecule has 1 spiro atoms. The molecule has 2 bridgehead atoms. The van der Waals surface area contributed by atoms with E-state index in [1.807, 2.05) is 0 Å². The fourth-order valence-corrected chi connectivity index (χ4v) is 7.45. The summed E-state index contributed by atoms with van der Waals surface area (Å²) in [5.74, 6) is 1.96. The van der Waals surface area contributed by atoms with E-state index in [1.165, 1.54) is 30.5 Å². The number of phenolic OH excluding ortho intramolecular Hbond substituents is 1. The standard InChI is InChI=1S/C22H27NO3/c1-21-8-7-16(25)20-22(21)9-10-23(2,12-13-3-4-13)17(21)11-14-5-6-15(24)19(26-20)18(14)22/h5-6,13,17,20H,3-4,7-12H2,1-2H3/p+1/t17-,20+,21+,22+,23?/m1/s1. The molecule has 26 heavy (non-hydrogen) atoms. The SMILES string of the molecule is C[C@@]12CCC(=O)[C@@H]3Oc4c(O)ccc5c4[C@@]31CC[N+](C)(CC1CC1)[C@@H]2C5. The summed E-state index contributed by atoms with van der Waals surface area (Å²) in [5.41, 5.74) is 2.35. The van der Waals surface area contributed by atoms with Crippen molar-refractivity contribution >= 4 is 5.78 Å². The second-order valence-electron chi connectivity index (χ2n) is 10.1. The molecule has 138 valence electrons. The third kappa shape index (κ3) is 1.56. The van der Waals surface area contributed by atoms with Crippen LogP contribution < -0.4 is 4.74 Å². The van der Waals surface area contributed by atoms with Crippen LogP contribution in [0.25, 0.3) is 0 Å². The van der Waals surface area contributed by atoms with E-state index in [0.717, 1.165) is 36.2 Å². The van der Waals surface area contributed by atoms with E-state index >= 15 is 0 Å². The third-order valence-electron chi connectivity index (χ3n) is 8.85. The first-order chi connectivity index (χ1) is 12.4. The van der Waals surface area contributed by atoms with E-state index in [-0.39, 0.29) is 28.5 Å². The number of carbonyl (C=O) groups excluding carboxylic acids is 1. The molecule has 0 aromatic heterocycles. The van der Waals surface area contributed by atoms with E-state index < -0.39 is 0 Å². The van der Waals surface area contributed by atoms with Gasteiger partial charge in [-0.2, -0.15) is 0 Å². The van der Waals surface area contributed by atoms with Crippen molar-refractivity contribution in [2.24, 2.45) is 11.3 Å². The second kappa shape index (κ2) is 4.46. The number of likely N-dealkylation sites (N-methyl/N-ethyl adjacent to an activating group) is 1. The van der Waals surface area contributed by atoms with Crippen molar-refractivity contribution in [2.45, 2.75) is 63.0 Å². The van der Waals surface area contributed by atoms with Gasteiger partial charge in [-0.15, -0.1) is 0 Å². The average molecular weight is 354 g/mol. The molecule has 1 N–H and O–H groups in total. The number of Topliss-reactive ketones (excluding diaryl/α,β-unsaturated/α-hetero) is 1. The van der Waals surface area contributed by atoms with Crippen LogP contribution in [-0.4, -0.2) is 47.7 Å². The lowest BCUT2D eigenvalue weighted by atomic mass is 9.43. The lowest BCUT2D eigenvalue weighted by Gasteiger charge is -2.65. The average Bonchev–Trinajstić information content (AvgIpc) is 3.32. The van der Waals surface area contributed by atoms with Gasteiger partial charge in [0, 0.05) is 36.2 Å². The number of nitrogens with zero attached hydrogens (tertiary/aromatic N) is 1. The highest BCUT2D eigenvalue weighted by molar-refractivity contribution is 5.89. The van der Waals surface area contributed by atoms with Crippen LogP contribution in [0.1, 0.15) is 50.2 Å². The topological polar surface area (TPSA) is 46.5 Å². The molecular weight excluding hydrogens is 326 g/mol. The predicted molar refractivity (Wildman–Crippen MR) is 97.3 cm³/mol. The van der Waals surface area contributed by atoms with Gasteiger partial charge in [0.1, 0.15) is 0 Å². The van der Waals surface area contributed by atoms with Crippen molar-refractivity contribution < 1.29 is 19.1 Å². The first-order valence-electron chi connectivity index (χ1n) is 10.3. The first-order valence-corrected chi connectivity index (χ1v) is 10.3. The van der Waals surface area contributed by atoms with Gasteiger partial charge in [-0.1, -0.05) is 13.0 Å². The van der Waals surface area contributed by atoms with Crippen molar-refractivity contribution in [1.29, 1.82) is 0 Å². The van der Waals surface area contributed by atoms with Crippen molar-refractivity contribution in [3.63, 3.8) is 0 Å². The summed E-state index contributed by atoms with van der Waals surface area (Å²) in [6.45, 7) is 4.85. The summed E-state index contributed by atoms with van der Waals surface area (Å²) in [6.07, 6.45) is 6.02. The van der Waals surface area contributed by atoms with Crippen LogP contribution in [-0.2, 0) is 16.6 Å². The van der Waals surface area contributed by atoms with Crippen LogP contribution in [0.2, 0.25) is 0 Å². The summed E-state index contributed by atoms with van der Waals surface area (Å²) in [6, 6.07) is 4.41. The number of ketones is 1. The molecule has 5 aliphatic rings. The van der Waals surface area contributed by atoms with Crippen LogP contribution in [0.15, 0.2) is 12.1 Å². The Labute approximate surface area is 154 Å². The highest BCUT2D eigenvalue weighted by atomic mass is 16.5. The molecule has 1 saturated heterocycles. The van der Waals surface area contributed by atoms with Gasteiger partial charge in [-0.25, -0.2) is 0 Å². The molecule has 1 unspecified atom stereocenters. The third-order valence-corrected chi connectivity index (χ3v) is 8.85. The maximum absolute atomic E-state index is 12.9. The van der Waals surface area contributed by atoms with Crippen molar-refractivity contribution in [3.8, 4) is 11.5 Å². The lowest BCUT2D eigenvalue weighted by molar-refractivity contribution is -0.951. The Balaban J connectivity index is 1.60. The van der Waals surface area contributed by atoms with Crippen LogP contribution in [0.3, 0.4) is 0 Å². The zero-order valence-corrected chi connectivity index (χ0v) is 15.8. The Kier molecular flexibility index (Phi) is 2.66. The van der Waals surface area contributed by atoms with Crippen molar-refractivity contribution in [3.05, 3.63) is 23.3 Å². The van der Waals surface area contributed by atoms with Crippen LogP contribution in [0.4, 0.5) is 0 Å². The maximum atomic E-state index is 12.9. The van der Waals surface area contributed by atoms with E-state index in [2.05, 4.69) is 20.0 Å². The van der Waals surface area contributed by atoms with Crippen molar-refractivity contribution in [1.82, 2.24) is 0 Å². The largest absolute Gasteiger partial charge is 0.504 e. The molecular formula is C22H28NO3+. The smallest absolute Gasteiger partial charge is 0.174 e. The summed E-state index contributed by atoms with van der Waals surface area (Å²) < 4.78 is 7.39. The van der Waals surface area contributed by atoms with Crippen LogP contribution >= 0.6 is 0 Å². The van der Waals surface area contributed by atoms with E-state index in [9.17, 15) is 9.90 Å².